The first-order chi connectivity index (χ1) is 21.8. The molecule has 262 valence electrons. The maximum atomic E-state index is 11.5. The zero-order valence-corrected chi connectivity index (χ0v) is 32.3. The fourth-order valence-corrected chi connectivity index (χ4v) is 7.62. The van der Waals surface area contributed by atoms with Crippen LogP contribution in [0.15, 0.2) is 30.3 Å². The second-order valence-corrected chi connectivity index (χ2v) is 14.4. The quantitative estimate of drug-likeness (QED) is 0.273. The van der Waals surface area contributed by atoms with Crippen molar-refractivity contribution in [2.45, 2.75) is 139 Å². The van der Waals surface area contributed by atoms with Crippen LogP contribution in [0.1, 0.15) is 134 Å². The number of benzene rings is 1. The summed E-state index contributed by atoms with van der Waals surface area (Å²) < 4.78 is 19.7. The van der Waals surface area contributed by atoms with Crippen LogP contribution < -0.4 is 33.0 Å². The Labute approximate surface area is 292 Å². The van der Waals surface area contributed by atoms with E-state index < -0.39 is 6.15 Å². The number of aromatic nitrogens is 4. The van der Waals surface area contributed by atoms with Gasteiger partial charge in [-0.15, -0.1) is 12.3 Å². The molecule has 47 heavy (non-hydrogen) atoms. The van der Waals surface area contributed by atoms with Gasteiger partial charge in [0.15, 0.2) is 0 Å². The maximum absolute atomic E-state index is 11.5. The monoisotopic (exact) mass is 667 g/mol. The van der Waals surface area contributed by atoms with Crippen molar-refractivity contribution in [2.75, 3.05) is 26.4 Å². The van der Waals surface area contributed by atoms with Gasteiger partial charge in [-0.25, -0.2) is 5.26 Å². The van der Waals surface area contributed by atoms with Gasteiger partial charge < -0.3 is 21.9 Å². The molecule has 0 amide bonds. The molecule has 9 heteroatoms. The zero-order valence-electron chi connectivity index (χ0n) is 31.6. The van der Waals surface area contributed by atoms with E-state index in [1.807, 2.05) is 0 Å². The summed E-state index contributed by atoms with van der Waals surface area (Å²) in [6.07, 6.45) is 3.91. The highest BCUT2D eigenvalue weighted by molar-refractivity contribution is 7.04. The first-order valence-corrected chi connectivity index (χ1v) is 17.9. The molecule has 7 nitrogen and oxygen atoms in total. The summed E-state index contributed by atoms with van der Waals surface area (Å²) >= 11 is 0. The first-order valence-electron chi connectivity index (χ1n) is 17.9. The first kappa shape index (κ1) is 40.6. The molecule has 1 aromatic carbocycles. The minimum absolute atomic E-state index is 0. The third-order valence-electron chi connectivity index (χ3n) is 9.69. The van der Waals surface area contributed by atoms with Gasteiger partial charge >= 0.3 is 6.15 Å². The number of nitriles is 1. The Balaban J connectivity index is 0.000000591. The summed E-state index contributed by atoms with van der Waals surface area (Å²) in [5, 5.41) is 11.5. The normalized spacial score (nSPS) is 14.6. The van der Waals surface area contributed by atoms with Crippen molar-refractivity contribution >= 4 is 17.6 Å². The van der Waals surface area contributed by atoms with Gasteiger partial charge in [-0.1, -0.05) is 35.9 Å². The van der Waals surface area contributed by atoms with Crippen LogP contribution in [0.3, 0.4) is 0 Å². The summed E-state index contributed by atoms with van der Waals surface area (Å²) in [7, 11) is 0. The fraction of sp³-hybridized carbons (Fsp3) is 0.658. The predicted molar refractivity (Wildman–Crippen MR) is 191 cm³/mol. The molecule has 0 unspecified atom stereocenters. The van der Waals surface area contributed by atoms with Gasteiger partial charge in [-0.05, 0) is 81.1 Å². The number of hydrogen-bond acceptors (Lipinski definition) is 3. The lowest BCUT2D eigenvalue weighted by atomic mass is 9.21. The largest absolute Gasteiger partial charge is 1.00 e. The highest BCUT2D eigenvalue weighted by atomic mass is 35.5. The van der Waals surface area contributed by atoms with Crippen LogP contribution in [-0.2, 0) is 15.8 Å². The van der Waals surface area contributed by atoms with Crippen molar-refractivity contribution in [1.29, 1.82) is 5.26 Å². The second kappa shape index (κ2) is 18.2. The smallest absolute Gasteiger partial charge is 0.340 e. The molecule has 0 bridgehead atoms. The van der Waals surface area contributed by atoms with Crippen LogP contribution in [0, 0.1) is 38.9 Å². The molecule has 2 aliphatic heterocycles. The molecule has 2 saturated heterocycles. The van der Waals surface area contributed by atoms with E-state index in [1.165, 1.54) is 54.0 Å². The molecular weight excluding hydrogens is 605 g/mol. The third-order valence-corrected chi connectivity index (χ3v) is 9.69. The molecule has 2 aliphatic rings. The lowest BCUT2D eigenvalue weighted by Gasteiger charge is -2.32. The summed E-state index contributed by atoms with van der Waals surface area (Å²) in [6.45, 7) is 30.8. The van der Waals surface area contributed by atoms with Crippen LogP contribution >= 0.6 is 0 Å². The Bertz CT molecular complexity index is 1290. The highest BCUT2D eigenvalue weighted by Crippen LogP contribution is 2.22. The van der Waals surface area contributed by atoms with E-state index in [2.05, 4.69) is 138 Å². The van der Waals surface area contributed by atoms with E-state index >= 15 is 0 Å². The molecule has 0 N–H and O–H groups in total. The van der Waals surface area contributed by atoms with Gasteiger partial charge in [-0.2, -0.15) is 0 Å². The Morgan fingerprint density at radius 3 is 1.30 bits per heavy atom. The average molecular weight is 668 g/mol. The van der Waals surface area contributed by atoms with E-state index in [0.717, 1.165) is 37.9 Å². The van der Waals surface area contributed by atoms with Crippen LogP contribution in [0.2, 0.25) is 0 Å². The molecule has 3 aromatic rings. The van der Waals surface area contributed by atoms with Crippen LogP contribution in [0.25, 0.3) is 0 Å². The van der Waals surface area contributed by atoms with Crippen LogP contribution in [0.5, 0.6) is 0 Å². The van der Waals surface area contributed by atoms with Gasteiger partial charge in [0.1, 0.15) is 34.2 Å². The summed E-state index contributed by atoms with van der Waals surface area (Å²) in [6, 6.07) is 11.6. The van der Waals surface area contributed by atoms with Gasteiger partial charge in [0.2, 0.25) is 0 Å². The number of hydrogen-bond donors (Lipinski definition) is 0. The lowest BCUT2D eigenvalue weighted by Crippen LogP contribution is -3.00. The van der Waals surface area contributed by atoms with Crippen LogP contribution in [0.4, 0.5) is 0 Å². The summed E-state index contributed by atoms with van der Waals surface area (Å²) in [5.74, 6) is 3.04. The van der Waals surface area contributed by atoms with Crippen molar-refractivity contribution < 1.29 is 31.0 Å². The zero-order chi connectivity index (χ0) is 34.2. The molecule has 5 rings (SSSR count). The van der Waals surface area contributed by atoms with Crippen molar-refractivity contribution in [2.24, 2.45) is 0 Å². The van der Waals surface area contributed by atoms with Gasteiger partial charge in [-0.3, -0.25) is 18.3 Å². The predicted octanol–water partition coefficient (Wildman–Crippen LogP) is 3.43. The van der Waals surface area contributed by atoms with Crippen molar-refractivity contribution in [3.63, 3.8) is 0 Å². The van der Waals surface area contributed by atoms with Gasteiger partial charge in [0.05, 0.1) is 24.2 Å². The topological polar surface area (TPSA) is 59.9 Å². The number of ether oxygens (including phenoxy) is 2. The number of nitrogens with zero attached hydrogens (tertiary/aromatic N) is 5. The Hall–Kier alpha value is -2.60. The summed E-state index contributed by atoms with van der Waals surface area (Å²) in [5.41, 5.74) is 8.48. The molecule has 0 saturated carbocycles. The number of imidazole rings is 2. The van der Waals surface area contributed by atoms with Crippen molar-refractivity contribution in [3.8, 4) is 5.97 Å². The molecule has 2 aromatic heterocycles. The molecule has 0 spiro atoms. The van der Waals surface area contributed by atoms with Crippen LogP contribution in [-0.4, -0.2) is 41.7 Å². The maximum Gasteiger partial charge on any atom is 0.340 e. The molecule has 4 heterocycles. The van der Waals surface area contributed by atoms with E-state index in [0.29, 0.717) is 6.32 Å². The van der Waals surface area contributed by atoms with E-state index in [4.69, 9.17) is 9.47 Å². The molecular formula is C38H63BClN5O2. The third kappa shape index (κ3) is 8.91. The lowest BCUT2D eigenvalue weighted by molar-refractivity contribution is -0.709. The molecule has 2 fully saturated rings. The minimum atomic E-state index is -1.87. The number of rotatable bonds is 8. The standard InChI is InChI=1S/C30H47BN5.2C4H8O.ClH/c1-20(2)33-24(9)25(10)34(21(3)4)29(33)31(19-32,18-28-16-14-13-15-17-28)30-35(22(5)6)26(11)27(12)36(30)23(7)8;2*1-2-4-5-3-1;/h13-17,20-23H,18H2,1-12H3;2*1-4H2;1H/q+1;;;/p-1. The highest BCUT2D eigenvalue weighted by Gasteiger charge is 2.52. The second-order valence-electron chi connectivity index (χ2n) is 14.4. The van der Waals surface area contributed by atoms with Gasteiger partial charge in [0.25, 0.3) is 0 Å². The van der Waals surface area contributed by atoms with E-state index in [9.17, 15) is 5.26 Å². The molecule has 0 aliphatic carbocycles. The average Bonchev–Trinajstić information content (AvgIpc) is 3.83. The molecule has 0 atom stereocenters. The van der Waals surface area contributed by atoms with Gasteiger partial charge in [0, 0.05) is 54.1 Å². The fourth-order valence-electron chi connectivity index (χ4n) is 7.62. The summed E-state index contributed by atoms with van der Waals surface area (Å²) in [4.78, 5) is 0. The van der Waals surface area contributed by atoms with Crippen molar-refractivity contribution in [3.05, 3.63) is 58.7 Å². The Morgan fingerprint density at radius 1 is 0.681 bits per heavy atom. The molecule has 0 radical (unpaired) electrons. The van der Waals surface area contributed by atoms with E-state index in [-0.39, 0.29) is 36.6 Å². The Morgan fingerprint density at radius 2 is 1.04 bits per heavy atom. The minimum Gasteiger partial charge on any atom is -1.00 e. The van der Waals surface area contributed by atoms with Crippen molar-refractivity contribution in [1.82, 2.24) is 9.13 Å². The van der Waals surface area contributed by atoms with E-state index in [1.54, 1.807) is 0 Å². The number of halogens is 1. The SMILES string of the molecule is C1CCOC1.C1CCOC1.Cc1c(C)[n+](C(C)C)c([B-](C#N)(Cc2ccccc2)c2n(C(C)C)c(C)c(C)[n+]2C(C)C)n1C(C)C.[Cl-]. The Kier molecular flexibility index (Phi) is 15.8.